The highest BCUT2D eigenvalue weighted by Gasteiger charge is 2.91. The van der Waals surface area contributed by atoms with Gasteiger partial charge < -0.3 is 4.74 Å². The Morgan fingerprint density at radius 3 is 2.76 bits per heavy atom. The van der Waals surface area contributed by atoms with Crippen molar-refractivity contribution in [1.29, 1.82) is 0 Å². The molecule has 4 aliphatic rings. The van der Waals surface area contributed by atoms with E-state index in [1.165, 1.54) is 0 Å². The number of nitrogens with zero attached hydrogens (tertiary/aromatic N) is 1. The van der Waals surface area contributed by atoms with Gasteiger partial charge in [-0.3, -0.25) is 0 Å². The monoisotopic (exact) mass is 259 g/mol. The number of ether oxygens (including phenoxy) is 1. The summed E-state index contributed by atoms with van der Waals surface area (Å²) in [6.45, 7) is 3.94. The van der Waals surface area contributed by atoms with E-state index in [4.69, 9.17) is 9.57 Å². The first kappa shape index (κ1) is 10.3. The van der Waals surface area contributed by atoms with Crippen molar-refractivity contribution in [3.8, 4) is 0 Å². The maximum absolute atomic E-state index is 12.0. The number of rotatable bonds is 0. The highest BCUT2D eigenvalue weighted by atomic mass is 32.2. The molecule has 0 amide bonds. The van der Waals surface area contributed by atoms with Crippen LogP contribution >= 0.6 is 0 Å². The zero-order valence-electron chi connectivity index (χ0n) is 9.60. The van der Waals surface area contributed by atoms with Gasteiger partial charge in [-0.05, 0) is 17.3 Å². The molecule has 0 aromatic rings. The van der Waals surface area contributed by atoms with Gasteiger partial charge >= 0.3 is 5.97 Å². The Bertz CT molecular complexity index is 555. The van der Waals surface area contributed by atoms with Crippen LogP contribution in [0.5, 0.6) is 0 Å². The van der Waals surface area contributed by atoms with Gasteiger partial charge in [0.05, 0.1) is 11.2 Å². The van der Waals surface area contributed by atoms with Gasteiger partial charge in [0, 0.05) is 5.41 Å². The van der Waals surface area contributed by atoms with E-state index >= 15 is 0 Å². The van der Waals surface area contributed by atoms with Crippen molar-refractivity contribution in [1.82, 2.24) is 4.47 Å². The molecule has 1 saturated carbocycles. The van der Waals surface area contributed by atoms with E-state index < -0.39 is 27.1 Å². The third-order valence-corrected chi connectivity index (χ3v) is 6.86. The van der Waals surface area contributed by atoms with Crippen molar-refractivity contribution in [2.24, 2.45) is 10.8 Å². The lowest BCUT2D eigenvalue weighted by atomic mass is 9.62. The summed E-state index contributed by atoms with van der Waals surface area (Å²) < 4.78 is 30.2. The summed E-state index contributed by atoms with van der Waals surface area (Å²) in [6, 6.07) is 0. The highest BCUT2D eigenvalue weighted by Crippen LogP contribution is 2.73. The number of hydroxylamine groups is 1. The minimum atomic E-state index is -3.48. The van der Waals surface area contributed by atoms with Gasteiger partial charge in [0.1, 0.15) is 6.10 Å². The van der Waals surface area contributed by atoms with E-state index in [1.54, 1.807) is 0 Å². The lowest BCUT2D eigenvalue weighted by molar-refractivity contribution is -0.187. The number of hydrogen-bond donors (Lipinski definition) is 0. The SMILES string of the molecule is CC1(C)[C@@H]2CC[C@]13CS(=O)(=O)N1O[C@]13C(=O)O2. The average Bonchev–Trinajstić information content (AvgIpc) is 2.89. The summed E-state index contributed by atoms with van der Waals surface area (Å²) in [5.74, 6) is -0.529. The normalized spacial score (nSPS) is 56.0. The molecular weight excluding hydrogens is 246 g/mol. The van der Waals surface area contributed by atoms with Crippen molar-refractivity contribution < 1.29 is 22.8 Å². The Kier molecular flexibility index (Phi) is 1.37. The van der Waals surface area contributed by atoms with Crippen LogP contribution < -0.4 is 0 Å². The molecule has 4 fully saturated rings. The summed E-state index contributed by atoms with van der Waals surface area (Å²) in [5, 5.41) is 0. The number of esters is 1. The van der Waals surface area contributed by atoms with E-state index in [2.05, 4.69) is 0 Å². The van der Waals surface area contributed by atoms with Gasteiger partial charge in [-0.15, -0.1) is 0 Å². The standard InChI is InChI=1S/C10H13NO5S/c1-8(2)6-3-4-9(8)5-17(13,14)11-10(9,16-11)7(12)15-6/h6H,3-5H2,1-2H3/t6-,9-,10-,11?/m0/s1. The van der Waals surface area contributed by atoms with E-state index in [0.717, 1.165) is 4.47 Å². The molecule has 2 bridgehead atoms. The Morgan fingerprint density at radius 1 is 1.41 bits per heavy atom. The summed E-state index contributed by atoms with van der Waals surface area (Å²) >= 11 is 0. The van der Waals surface area contributed by atoms with Gasteiger partial charge in [-0.1, -0.05) is 13.8 Å². The van der Waals surface area contributed by atoms with Crippen molar-refractivity contribution in [3.05, 3.63) is 0 Å². The number of carbonyl (C=O) groups excluding carboxylic acids is 1. The number of hydrogen-bond acceptors (Lipinski definition) is 5. The molecule has 3 heterocycles. The fourth-order valence-corrected chi connectivity index (χ4v) is 6.35. The van der Waals surface area contributed by atoms with Crippen LogP contribution in [0.15, 0.2) is 0 Å². The average molecular weight is 259 g/mol. The molecule has 4 rings (SSSR count). The lowest BCUT2D eigenvalue weighted by Crippen LogP contribution is -2.59. The Balaban J connectivity index is 2.02. The first-order valence-electron chi connectivity index (χ1n) is 5.71. The number of sulfonamides is 1. The van der Waals surface area contributed by atoms with Gasteiger partial charge in [-0.25, -0.2) is 18.0 Å². The molecule has 0 aromatic heterocycles. The molecule has 6 nitrogen and oxygen atoms in total. The van der Waals surface area contributed by atoms with Crippen molar-refractivity contribution in [3.63, 3.8) is 0 Å². The van der Waals surface area contributed by atoms with Crippen LogP contribution in [0.1, 0.15) is 26.7 Å². The largest absolute Gasteiger partial charge is 0.458 e. The van der Waals surface area contributed by atoms with Crippen LogP contribution in [-0.2, 0) is 24.4 Å². The van der Waals surface area contributed by atoms with Crippen LogP contribution in [0.25, 0.3) is 0 Å². The fourth-order valence-electron chi connectivity index (χ4n) is 4.04. The molecule has 3 saturated heterocycles. The van der Waals surface area contributed by atoms with Crippen LogP contribution in [0.4, 0.5) is 0 Å². The minimum absolute atomic E-state index is 0.00139. The smallest absolute Gasteiger partial charge is 0.360 e. The molecule has 94 valence electrons. The molecular formula is C10H13NO5S. The van der Waals surface area contributed by atoms with Crippen LogP contribution in [0.2, 0.25) is 0 Å². The predicted molar refractivity (Wildman–Crippen MR) is 54.8 cm³/mol. The van der Waals surface area contributed by atoms with E-state index in [1.807, 2.05) is 13.8 Å². The highest BCUT2D eigenvalue weighted by molar-refractivity contribution is 7.89. The maximum atomic E-state index is 12.0. The van der Waals surface area contributed by atoms with Crippen molar-refractivity contribution in [2.45, 2.75) is 38.5 Å². The molecule has 1 aliphatic carbocycles. The third kappa shape index (κ3) is 0.750. The summed E-state index contributed by atoms with van der Waals surface area (Å²) in [5.41, 5.74) is -2.35. The zero-order chi connectivity index (χ0) is 12.3. The Morgan fingerprint density at radius 2 is 2.12 bits per heavy atom. The van der Waals surface area contributed by atoms with Crippen LogP contribution in [-0.4, -0.2) is 36.4 Å². The van der Waals surface area contributed by atoms with Crippen molar-refractivity contribution in [2.75, 3.05) is 5.75 Å². The maximum Gasteiger partial charge on any atom is 0.360 e. The first-order chi connectivity index (χ1) is 7.78. The zero-order valence-corrected chi connectivity index (χ0v) is 10.4. The predicted octanol–water partition coefficient (Wildman–Crippen LogP) is 0.00510. The molecule has 2 spiro atoms. The molecule has 1 unspecified atom stereocenters. The summed E-state index contributed by atoms with van der Waals surface area (Å²) in [6.07, 6.45) is 1.18. The van der Waals surface area contributed by atoms with Crippen LogP contribution in [0.3, 0.4) is 0 Å². The van der Waals surface area contributed by atoms with Gasteiger partial charge in [0.15, 0.2) is 0 Å². The van der Waals surface area contributed by atoms with E-state index in [9.17, 15) is 13.2 Å². The Labute approximate surface area is 98.9 Å². The minimum Gasteiger partial charge on any atom is -0.458 e. The number of fused-ring (bicyclic) bond motifs is 1. The Hall–Kier alpha value is -0.660. The lowest BCUT2D eigenvalue weighted by Gasteiger charge is -2.46. The molecule has 0 N–H and O–H groups in total. The summed E-state index contributed by atoms with van der Waals surface area (Å²) in [7, 11) is -3.48. The molecule has 17 heavy (non-hydrogen) atoms. The summed E-state index contributed by atoms with van der Waals surface area (Å²) in [4.78, 5) is 17.2. The fraction of sp³-hybridized carbons (Fsp3) is 0.900. The molecule has 4 atom stereocenters. The van der Waals surface area contributed by atoms with E-state index in [0.29, 0.717) is 12.8 Å². The van der Waals surface area contributed by atoms with Gasteiger partial charge in [0.25, 0.3) is 5.72 Å². The molecule has 7 heteroatoms. The second-order valence-electron chi connectivity index (χ2n) is 5.96. The molecule has 0 radical (unpaired) electrons. The first-order valence-corrected chi connectivity index (χ1v) is 7.32. The number of carbonyl (C=O) groups is 1. The molecule has 0 aromatic carbocycles. The second-order valence-corrected chi connectivity index (χ2v) is 7.74. The second kappa shape index (κ2) is 2.26. The van der Waals surface area contributed by atoms with Crippen LogP contribution in [0, 0.1) is 10.8 Å². The third-order valence-electron chi connectivity index (χ3n) is 5.17. The van der Waals surface area contributed by atoms with Crippen molar-refractivity contribution >= 4 is 16.0 Å². The van der Waals surface area contributed by atoms with Gasteiger partial charge in [0.2, 0.25) is 10.0 Å². The topological polar surface area (TPSA) is 76.0 Å². The van der Waals surface area contributed by atoms with E-state index in [-0.39, 0.29) is 17.3 Å². The quantitative estimate of drug-likeness (QED) is 0.452. The van der Waals surface area contributed by atoms with Gasteiger partial charge in [-0.2, -0.15) is 0 Å². The molecule has 3 aliphatic heterocycles.